The Bertz CT molecular complexity index is 1090. The maximum absolute atomic E-state index is 13.0. The van der Waals surface area contributed by atoms with Crippen LogP contribution in [-0.2, 0) is 0 Å². The Morgan fingerprint density at radius 3 is 2.64 bits per heavy atom. The molecule has 1 aromatic heterocycles. The molecule has 3 aromatic rings. The van der Waals surface area contributed by atoms with Gasteiger partial charge in [0.05, 0.1) is 28.2 Å². The number of hydrogen-bond donors (Lipinski definition) is 2. The maximum Gasteiger partial charge on any atom is 0.266 e. The fourth-order valence-electron chi connectivity index (χ4n) is 2.67. The Morgan fingerprint density at radius 2 is 2.00 bits per heavy atom. The van der Waals surface area contributed by atoms with E-state index in [1.807, 2.05) is 6.07 Å². The van der Waals surface area contributed by atoms with Crippen molar-refractivity contribution in [3.05, 3.63) is 69.8 Å². The van der Waals surface area contributed by atoms with E-state index >= 15 is 0 Å². The molecule has 0 bridgehead atoms. The number of carbonyl (C=O) groups is 1. The van der Waals surface area contributed by atoms with Crippen LogP contribution in [0.4, 0.5) is 0 Å². The molecule has 0 aliphatic rings. The number of fused-ring (bicyclic) bond motifs is 1. The van der Waals surface area contributed by atoms with Gasteiger partial charge in [0.1, 0.15) is 11.9 Å². The first-order valence-electron chi connectivity index (χ1n) is 7.55. The van der Waals surface area contributed by atoms with Crippen molar-refractivity contribution in [3.8, 4) is 11.8 Å². The van der Waals surface area contributed by atoms with Gasteiger partial charge in [0.15, 0.2) is 0 Å². The summed E-state index contributed by atoms with van der Waals surface area (Å²) in [4.78, 5) is 28.9. The zero-order valence-corrected chi connectivity index (χ0v) is 13.4. The number of aromatic nitrogens is 2. The summed E-state index contributed by atoms with van der Waals surface area (Å²) < 4.78 is 1.35. The summed E-state index contributed by atoms with van der Waals surface area (Å²) in [7, 11) is 0. The quantitative estimate of drug-likeness (QED) is 0.748. The van der Waals surface area contributed by atoms with Crippen molar-refractivity contribution in [1.29, 1.82) is 5.26 Å². The number of rotatable bonds is 3. The first-order valence-corrected chi connectivity index (χ1v) is 7.55. The van der Waals surface area contributed by atoms with E-state index in [1.165, 1.54) is 10.6 Å². The van der Waals surface area contributed by atoms with Crippen molar-refractivity contribution in [1.82, 2.24) is 9.55 Å². The first kappa shape index (κ1) is 16.4. The highest BCUT2D eigenvalue weighted by Gasteiger charge is 2.18. The van der Waals surface area contributed by atoms with E-state index in [1.54, 1.807) is 43.3 Å². The third-order valence-corrected chi connectivity index (χ3v) is 3.84. The highest BCUT2D eigenvalue weighted by Crippen LogP contribution is 2.19. The molecule has 0 aliphatic carbocycles. The highest BCUT2D eigenvalue weighted by atomic mass is 16.1. The average molecular weight is 333 g/mol. The Morgan fingerprint density at radius 1 is 1.28 bits per heavy atom. The molecule has 1 unspecified atom stereocenters. The normalized spacial score (nSPS) is 11.9. The molecule has 0 saturated heterocycles. The molecule has 25 heavy (non-hydrogen) atoms. The van der Waals surface area contributed by atoms with Gasteiger partial charge in [-0.3, -0.25) is 14.2 Å². The number of primary amides is 1. The Kier molecular flexibility index (Phi) is 4.05. The maximum atomic E-state index is 13.0. The van der Waals surface area contributed by atoms with Crippen molar-refractivity contribution in [2.75, 3.05) is 0 Å². The minimum absolute atomic E-state index is 0.269. The third kappa shape index (κ3) is 2.75. The molecule has 0 radical (unpaired) electrons. The number of nitrogens with zero attached hydrogens (tertiary/aromatic N) is 3. The monoisotopic (exact) mass is 333 g/mol. The van der Waals surface area contributed by atoms with Gasteiger partial charge in [-0.05, 0) is 37.3 Å². The van der Waals surface area contributed by atoms with Crippen LogP contribution < -0.4 is 17.0 Å². The van der Waals surface area contributed by atoms with E-state index < -0.39 is 11.9 Å². The first-order chi connectivity index (χ1) is 11.9. The summed E-state index contributed by atoms with van der Waals surface area (Å²) in [6.07, 6.45) is 0. The van der Waals surface area contributed by atoms with Gasteiger partial charge in [-0.15, -0.1) is 0 Å². The predicted octanol–water partition coefficient (Wildman–Crippen LogP) is 1.38. The van der Waals surface area contributed by atoms with Gasteiger partial charge in [0.2, 0.25) is 5.91 Å². The molecule has 0 fully saturated rings. The van der Waals surface area contributed by atoms with E-state index in [-0.39, 0.29) is 11.1 Å². The van der Waals surface area contributed by atoms with Gasteiger partial charge in [0, 0.05) is 5.56 Å². The van der Waals surface area contributed by atoms with Crippen molar-refractivity contribution < 1.29 is 4.79 Å². The molecule has 7 heteroatoms. The molecule has 124 valence electrons. The van der Waals surface area contributed by atoms with Crippen molar-refractivity contribution in [2.45, 2.75) is 13.0 Å². The van der Waals surface area contributed by atoms with E-state index in [0.717, 1.165) is 0 Å². The minimum Gasteiger partial charge on any atom is -0.366 e. The van der Waals surface area contributed by atoms with Crippen LogP contribution in [0.2, 0.25) is 0 Å². The molecule has 0 saturated carbocycles. The standard InChI is InChI=1S/C18H15N5O2/c1-10(20)17-22-15-12(9-19)5-3-7-14(15)18(25)23(17)13-6-2-4-11(8-13)16(21)24/h2-8,10H,20H2,1H3,(H2,21,24). The summed E-state index contributed by atoms with van der Waals surface area (Å²) >= 11 is 0. The van der Waals surface area contributed by atoms with Crippen molar-refractivity contribution in [3.63, 3.8) is 0 Å². The predicted molar refractivity (Wildman–Crippen MR) is 93.2 cm³/mol. The summed E-state index contributed by atoms with van der Waals surface area (Å²) in [5.41, 5.74) is 12.3. The fourth-order valence-corrected chi connectivity index (χ4v) is 2.67. The van der Waals surface area contributed by atoms with Gasteiger partial charge in [-0.2, -0.15) is 5.26 Å². The molecule has 2 aromatic carbocycles. The lowest BCUT2D eigenvalue weighted by atomic mass is 10.1. The van der Waals surface area contributed by atoms with Crippen LogP contribution in [0.15, 0.2) is 47.3 Å². The fraction of sp³-hybridized carbons (Fsp3) is 0.111. The molecule has 7 nitrogen and oxygen atoms in total. The lowest BCUT2D eigenvalue weighted by Crippen LogP contribution is -2.28. The van der Waals surface area contributed by atoms with Crippen LogP contribution in [0.3, 0.4) is 0 Å². The Hall–Kier alpha value is -3.50. The summed E-state index contributed by atoms with van der Waals surface area (Å²) in [5.74, 6) is -0.306. The highest BCUT2D eigenvalue weighted by molar-refractivity contribution is 5.93. The number of carbonyl (C=O) groups excluding carboxylic acids is 1. The third-order valence-electron chi connectivity index (χ3n) is 3.84. The second kappa shape index (κ2) is 6.19. The Balaban J connectivity index is 2.43. The van der Waals surface area contributed by atoms with E-state index in [2.05, 4.69) is 4.98 Å². The van der Waals surface area contributed by atoms with Gasteiger partial charge >= 0.3 is 0 Å². The smallest absolute Gasteiger partial charge is 0.266 e. The number of nitrogens with two attached hydrogens (primary N) is 2. The van der Waals surface area contributed by atoms with E-state index in [0.29, 0.717) is 28.0 Å². The SMILES string of the molecule is CC(N)c1nc2c(C#N)cccc2c(=O)n1-c1cccc(C(N)=O)c1. The minimum atomic E-state index is -0.599. The number of para-hydroxylation sites is 1. The van der Waals surface area contributed by atoms with Crippen LogP contribution in [-0.4, -0.2) is 15.5 Å². The molecule has 3 rings (SSSR count). The van der Waals surface area contributed by atoms with Crippen LogP contribution in [0, 0.1) is 11.3 Å². The van der Waals surface area contributed by atoms with E-state index in [4.69, 9.17) is 11.5 Å². The second-order valence-corrected chi connectivity index (χ2v) is 5.63. The number of amides is 1. The van der Waals surface area contributed by atoms with Crippen molar-refractivity contribution in [2.24, 2.45) is 11.5 Å². The molecule has 0 spiro atoms. The second-order valence-electron chi connectivity index (χ2n) is 5.63. The molecule has 4 N–H and O–H groups in total. The zero-order valence-electron chi connectivity index (χ0n) is 13.4. The largest absolute Gasteiger partial charge is 0.366 e. The molecule has 0 aliphatic heterocycles. The van der Waals surface area contributed by atoms with Gasteiger partial charge in [-0.1, -0.05) is 12.1 Å². The number of benzene rings is 2. The van der Waals surface area contributed by atoms with Gasteiger partial charge in [0.25, 0.3) is 5.56 Å². The lowest BCUT2D eigenvalue weighted by Gasteiger charge is -2.16. The molecular weight excluding hydrogens is 318 g/mol. The van der Waals surface area contributed by atoms with Crippen LogP contribution in [0.5, 0.6) is 0 Å². The van der Waals surface area contributed by atoms with Crippen LogP contribution in [0.25, 0.3) is 16.6 Å². The summed E-state index contributed by atoms with van der Waals surface area (Å²) in [6, 6.07) is 12.7. The average Bonchev–Trinajstić information content (AvgIpc) is 2.61. The van der Waals surface area contributed by atoms with Gasteiger partial charge in [-0.25, -0.2) is 4.98 Å². The lowest BCUT2D eigenvalue weighted by molar-refractivity contribution is 0.1000. The Labute approximate surface area is 143 Å². The summed E-state index contributed by atoms with van der Waals surface area (Å²) in [5, 5.41) is 9.56. The zero-order chi connectivity index (χ0) is 18.1. The van der Waals surface area contributed by atoms with Crippen LogP contribution >= 0.6 is 0 Å². The molecular formula is C18H15N5O2. The summed E-state index contributed by atoms with van der Waals surface area (Å²) in [6.45, 7) is 1.69. The van der Waals surface area contributed by atoms with Crippen LogP contribution in [0.1, 0.15) is 34.7 Å². The topological polar surface area (TPSA) is 128 Å². The molecule has 1 atom stereocenters. The van der Waals surface area contributed by atoms with E-state index in [9.17, 15) is 14.9 Å². The van der Waals surface area contributed by atoms with Crippen molar-refractivity contribution >= 4 is 16.8 Å². The van der Waals surface area contributed by atoms with Gasteiger partial charge < -0.3 is 11.5 Å². The molecule has 1 heterocycles. The number of hydrogen-bond acceptors (Lipinski definition) is 5. The number of nitriles is 1. The molecule has 1 amide bonds.